The first-order valence-electron chi connectivity index (χ1n) is 8.11. The summed E-state index contributed by atoms with van der Waals surface area (Å²) in [6, 6.07) is 0. The molecule has 3 N–H and O–H groups in total. The SMILES string of the molecule is Cl.Cl.NCCc1nc(C(=O)NCCc2nnc3n2CCCCC3)cs1. The van der Waals surface area contributed by atoms with Crippen LogP contribution in [-0.2, 0) is 25.8 Å². The number of nitrogens with one attached hydrogen (secondary N) is 1. The van der Waals surface area contributed by atoms with Crippen molar-refractivity contribution in [2.24, 2.45) is 5.73 Å². The van der Waals surface area contributed by atoms with Crippen LogP contribution in [0.1, 0.15) is 46.4 Å². The van der Waals surface area contributed by atoms with Gasteiger partial charge in [-0.15, -0.1) is 46.3 Å². The molecule has 25 heavy (non-hydrogen) atoms. The third-order valence-corrected chi connectivity index (χ3v) is 4.87. The largest absolute Gasteiger partial charge is 0.350 e. The molecule has 0 atom stereocenters. The predicted molar refractivity (Wildman–Crippen MR) is 103 cm³/mol. The Bertz CT molecular complexity index is 675. The highest BCUT2D eigenvalue weighted by atomic mass is 35.5. The van der Waals surface area contributed by atoms with Crippen LogP contribution < -0.4 is 11.1 Å². The van der Waals surface area contributed by atoms with Crippen molar-refractivity contribution in [3.63, 3.8) is 0 Å². The molecular formula is C15H24Cl2N6OS. The molecule has 10 heteroatoms. The van der Waals surface area contributed by atoms with Crippen molar-refractivity contribution in [3.05, 3.63) is 27.7 Å². The van der Waals surface area contributed by atoms with E-state index in [0.29, 0.717) is 31.6 Å². The number of amides is 1. The molecule has 3 rings (SSSR count). The number of nitrogens with two attached hydrogens (primary N) is 1. The minimum absolute atomic E-state index is 0. The zero-order valence-corrected chi connectivity index (χ0v) is 16.4. The Morgan fingerprint density at radius 2 is 2.08 bits per heavy atom. The van der Waals surface area contributed by atoms with Gasteiger partial charge in [0.1, 0.15) is 17.3 Å². The Kier molecular flexibility index (Phi) is 9.34. The van der Waals surface area contributed by atoms with Crippen LogP contribution in [0.15, 0.2) is 5.38 Å². The summed E-state index contributed by atoms with van der Waals surface area (Å²) in [7, 11) is 0. The zero-order valence-electron chi connectivity index (χ0n) is 13.9. The molecule has 2 aromatic heterocycles. The van der Waals surface area contributed by atoms with E-state index in [1.807, 2.05) is 0 Å². The zero-order chi connectivity index (χ0) is 16.1. The number of thiazole rings is 1. The number of aromatic nitrogens is 4. The first kappa shape index (κ1) is 21.8. The van der Waals surface area contributed by atoms with Crippen molar-refractivity contribution in [1.29, 1.82) is 0 Å². The molecule has 0 radical (unpaired) electrons. The Balaban J connectivity index is 0.00000156. The summed E-state index contributed by atoms with van der Waals surface area (Å²) in [6.45, 7) is 2.08. The summed E-state index contributed by atoms with van der Waals surface area (Å²) in [5.41, 5.74) is 5.97. The van der Waals surface area contributed by atoms with E-state index in [4.69, 9.17) is 5.73 Å². The molecule has 0 unspecified atom stereocenters. The Hall–Kier alpha value is -1.22. The summed E-state index contributed by atoms with van der Waals surface area (Å²) in [6.07, 6.45) is 6.01. The molecule has 140 valence electrons. The minimum atomic E-state index is -0.139. The number of carbonyl (C=O) groups is 1. The van der Waals surface area contributed by atoms with Crippen molar-refractivity contribution >= 4 is 42.1 Å². The number of carbonyl (C=O) groups excluding carboxylic acids is 1. The normalized spacial score (nSPS) is 13.2. The summed E-state index contributed by atoms with van der Waals surface area (Å²) in [4.78, 5) is 16.4. The van der Waals surface area contributed by atoms with Crippen LogP contribution in [0.5, 0.6) is 0 Å². The number of rotatable bonds is 6. The topological polar surface area (TPSA) is 98.7 Å². The van der Waals surface area contributed by atoms with Crippen LogP contribution in [0.2, 0.25) is 0 Å². The molecule has 1 aliphatic rings. The smallest absolute Gasteiger partial charge is 0.270 e. The second-order valence-electron chi connectivity index (χ2n) is 5.67. The van der Waals surface area contributed by atoms with Crippen LogP contribution in [-0.4, -0.2) is 38.7 Å². The average Bonchev–Trinajstić information content (AvgIpc) is 3.09. The lowest BCUT2D eigenvalue weighted by atomic mass is 10.2. The van der Waals surface area contributed by atoms with Gasteiger partial charge >= 0.3 is 0 Å². The molecule has 0 spiro atoms. The predicted octanol–water partition coefficient (Wildman–Crippen LogP) is 1.78. The second kappa shape index (κ2) is 10.7. The highest BCUT2D eigenvalue weighted by molar-refractivity contribution is 7.09. The maximum Gasteiger partial charge on any atom is 0.270 e. The van der Waals surface area contributed by atoms with Gasteiger partial charge in [0.25, 0.3) is 5.91 Å². The molecule has 1 amide bonds. The van der Waals surface area contributed by atoms with Crippen LogP contribution in [0.3, 0.4) is 0 Å². The van der Waals surface area contributed by atoms with Gasteiger partial charge in [-0.05, 0) is 19.4 Å². The van der Waals surface area contributed by atoms with E-state index < -0.39 is 0 Å². The summed E-state index contributed by atoms with van der Waals surface area (Å²) in [5, 5.41) is 14.1. The van der Waals surface area contributed by atoms with Crippen LogP contribution in [0.4, 0.5) is 0 Å². The van der Waals surface area contributed by atoms with Crippen molar-refractivity contribution in [1.82, 2.24) is 25.1 Å². The van der Waals surface area contributed by atoms with E-state index in [-0.39, 0.29) is 30.7 Å². The lowest BCUT2D eigenvalue weighted by Crippen LogP contribution is -2.27. The molecule has 3 heterocycles. The molecule has 0 saturated heterocycles. The minimum Gasteiger partial charge on any atom is -0.350 e. The second-order valence-corrected chi connectivity index (χ2v) is 6.61. The first-order valence-corrected chi connectivity index (χ1v) is 8.99. The monoisotopic (exact) mass is 406 g/mol. The number of fused-ring (bicyclic) bond motifs is 1. The summed E-state index contributed by atoms with van der Waals surface area (Å²) < 4.78 is 2.21. The van der Waals surface area contributed by atoms with Crippen LogP contribution in [0.25, 0.3) is 0 Å². The van der Waals surface area contributed by atoms with Gasteiger partial charge in [-0.25, -0.2) is 4.98 Å². The first-order chi connectivity index (χ1) is 11.3. The van der Waals surface area contributed by atoms with Crippen LogP contribution >= 0.6 is 36.2 Å². The molecule has 0 bridgehead atoms. The molecule has 0 saturated carbocycles. The third-order valence-electron chi connectivity index (χ3n) is 3.96. The highest BCUT2D eigenvalue weighted by Gasteiger charge is 2.15. The van der Waals surface area contributed by atoms with Crippen LogP contribution in [0, 0.1) is 0 Å². The molecule has 0 fully saturated rings. The summed E-state index contributed by atoms with van der Waals surface area (Å²) in [5.74, 6) is 1.90. The summed E-state index contributed by atoms with van der Waals surface area (Å²) >= 11 is 1.48. The fourth-order valence-electron chi connectivity index (χ4n) is 2.76. The van der Waals surface area contributed by atoms with Gasteiger partial charge in [0.2, 0.25) is 0 Å². The lowest BCUT2D eigenvalue weighted by Gasteiger charge is -2.07. The standard InChI is InChI=1S/C15H22N6OS.2ClH/c16-7-5-14-18-11(10-23-14)15(22)17-8-6-13-20-19-12-4-2-1-3-9-21(12)13;;/h10H,1-9,16H2,(H,17,22);2*1H. The lowest BCUT2D eigenvalue weighted by molar-refractivity contribution is 0.0949. The van der Waals surface area contributed by atoms with E-state index in [2.05, 4.69) is 25.1 Å². The van der Waals surface area contributed by atoms with Gasteiger partial charge in [-0.2, -0.15) is 0 Å². The number of nitrogens with zero attached hydrogens (tertiary/aromatic N) is 4. The molecule has 7 nitrogen and oxygen atoms in total. The molecule has 0 aliphatic carbocycles. The number of aryl methyl sites for hydroxylation is 1. The maximum absolute atomic E-state index is 12.1. The fraction of sp³-hybridized carbons (Fsp3) is 0.600. The third kappa shape index (κ3) is 5.64. The number of halogens is 2. The van der Waals surface area contributed by atoms with Gasteiger partial charge in [-0.3, -0.25) is 4.79 Å². The number of hydrogen-bond acceptors (Lipinski definition) is 6. The van der Waals surface area contributed by atoms with Gasteiger partial charge in [0, 0.05) is 37.7 Å². The van der Waals surface area contributed by atoms with Crippen molar-refractivity contribution < 1.29 is 4.79 Å². The highest BCUT2D eigenvalue weighted by Crippen LogP contribution is 2.14. The fourth-order valence-corrected chi connectivity index (χ4v) is 3.56. The van der Waals surface area contributed by atoms with E-state index in [1.165, 1.54) is 30.6 Å². The number of hydrogen-bond donors (Lipinski definition) is 2. The van der Waals surface area contributed by atoms with E-state index in [1.54, 1.807) is 5.38 Å². The van der Waals surface area contributed by atoms with Gasteiger partial charge in [-0.1, -0.05) is 6.42 Å². The van der Waals surface area contributed by atoms with E-state index >= 15 is 0 Å². The Labute approximate surface area is 163 Å². The van der Waals surface area contributed by atoms with Gasteiger partial charge in [0.15, 0.2) is 0 Å². The van der Waals surface area contributed by atoms with Crippen molar-refractivity contribution in [2.75, 3.05) is 13.1 Å². The van der Waals surface area contributed by atoms with E-state index in [9.17, 15) is 4.79 Å². The molecular weight excluding hydrogens is 383 g/mol. The Morgan fingerprint density at radius 3 is 2.88 bits per heavy atom. The Morgan fingerprint density at radius 1 is 1.24 bits per heavy atom. The van der Waals surface area contributed by atoms with Gasteiger partial charge in [0.05, 0.1) is 5.01 Å². The van der Waals surface area contributed by atoms with E-state index in [0.717, 1.165) is 29.6 Å². The quantitative estimate of drug-likeness (QED) is 0.761. The van der Waals surface area contributed by atoms with Crippen molar-refractivity contribution in [2.45, 2.75) is 45.1 Å². The molecule has 0 aromatic carbocycles. The maximum atomic E-state index is 12.1. The average molecular weight is 407 g/mol. The molecule has 2 aromatic rings. The molecule has 1 aliphatic heterocycles. The van der Waals surface area contributed by atoms with Crippen molar-refractivity contribution in [3.8, 4) is 0 Å². The van der Waals surface area contributed by atoms with Gasteiger partial charge < -0.3 is 15.6 Å².